The molecule has 0 aromatic heterocycles. The van der Waals surface area contributed by atoms with Crippen molar-refractivity contribution in [3.63, 3.8) is 0 Å². The van der Waals surface area contributed by atoms with Crippen molar-refractivity contribution in [1.29, 1.82) is 5.26 Å². The Morgan fingerprint density at radius 1 is 1.28 bits per heavy atom. The van der Waals surface area contributed by atoms with Crippen molar-refractivity contribution in [2.75, 3.05) is 13.7 Å². The molecule has 156 valence electrons. The Bertz CT molecular complexity index is 963. The molecule has 1 aromatic rings. The van der Waals surface area contributed by atoms with Gasteiger partial charge in [0.1, 0.15) is 16.2 Å². The second kappa shape index (κ2) is 8.00. The van der Waals surface area contributed by atoms with Crippen LogP contribution in [-0.2, 0) is 19.6 Å². The third-order valence-electron chi connectivity index (χ3n) is 4.95. The standard InChI is InChI=1S/C19H23N3O6S/c1-19(11-20,13-4-5-13)21-17(23)10-28-18(24)12-3-8-15(27-2)16(9-12)29(25,26)22-14-6-7-14/h3,8-9,13-14,22H,4-7,10H2,1-2H3,(H,21,23)/t19-/m0/s1. The molecule has 2 N–H and O–H groups in total. The van der Waals surface area contributed by atoms with E-state index in [1.54, 1.807) is 6.92 Å². The van der Waals surface area contributed by atoms with Crippen LogP contribution >= 0.6 is 0 Å². The minimum Gasteiger partial charge on any atom is -0.495 e. The van der Waals surface area contributed by atoms with E-state index >= 15 is 0 Å². The van der Waals surface area contributed by atoms with Gasteiger partial charge in [0.25, 0.3) is 5.91 Å². The third kappa shape index (κ3) is 5.05. The summed E-state index contributed by atoms with van der Waals surface area (Å²) < 4.78 is 37.7. The number of esters is 1. The Kier molecular flexibility index (Phi) is 5.82. The number of nitriles is 1. The van der Waals surface area contributed by atoms with Gasteiger partial charge in [0.2, 0.25) is 10.0 Å². The highest BCUT2D eigenvalue weighted by Gasteiger charge is 2.43. The Hall–Kier alpha value is -2.64. The summed E-state index contributed by atoms with van der Waals surface area (Å²) in [5, 5.41) is 11.9. The summed E-state index contributed by atoms with van der Waals surface area (Å²) in [5.74, 6) is -1.25. The lowest BCUT2D eigenvalue weighted by Gasteiger charge is -2.22. The van der Waals surface area contributed by atoms with Crippen molar-refractivity contribution in [2.45, 2.75) is 49.1 Å². The fraction of sp³-hybridized carbons (Fsp3) is 0.526. The summed E-state index contributed by atoms with van der Waals surface area (Å²) in [6.07, 6.45) is 3.26. The van der Waals surface area contributed by atoms with Gasteiger partial charge in [-0.25, -0.2) is 17.9 Å². The number of hydrogen-bond donors (Lipinski definition) is 2. The number of carbonyl (C=O) groups excluding carboxylic acids is 2. The molecule has 29 heavy (non-hydrogen) atoms. The van der Waals surface area contributed by atoms with E-state index in [0.29, 0.717) is 0 Å². The van der Waals surface area contributed by atoms with Crippen LogP contribution in [-0.4, -0.2) is 45.6 Å². The molecular weight excluding hydrogens is 398 g/mol. The zero-order valence-electron chi connectivity index (χ0n) is 16.2. The normalized spacial score (nSPS) is 18.2. The van der Waals surface area contributed by atoms with E-state index in [4.69, 9.17) is 9.47 Å². The van der Waals surface area contributed by atoms with Crippen LogP contribution in [0.25, 0.3) is 0 Å². The molecule has 0 bridgehead atoms. The summed E-state index contributed by atoms with van der Waals surface area (Å²) in [6, 6.07) is 5.86. The van der Waals surface area contributed by atoms with Gasteiger partial charge in [-0.15, -0.1) is 0 Å². The van der Waals surface area contributed by atoms with Crippen molar-refractivity contribution < 1.29 is 27.5 Å². The van der Waals surface area contributed by atoms with Crippen LogP contribution in [0.1, 0.15) is 43.0 Å². The van der Waals surface area contributed by atoms with E-state index in [2.05, 4.69) is 16.1 Å². The molecule has 0 unspecified atom stereocenters. The molecule has 1 atom stereocenters. The molecular formula is C19H23N3O6S. The van der Waals surface area contributed by atoms with E-state index in [0.717, 1.165) is 31.7 Å². The van der Waals surface area contributed by atoms with Crippen molar-refractivity contribution in [3.8, 4) is 11.8 Å². The van der Waals surface area contributed by atoms with Crippen LogP contribution in [0, 0.1) is 17.2 Å². The molecule has 1 aromatic carbocycles. The van der Waals surface area contributed by atoms with Crippen LogP contribution < -0.4 is 14.8 Å². The van der Waals surface area contributed by atoms with Crippen LogP contribution in [0.2, 0.25) is 0 Å². The van der Waals surface area contributed by atoms with Gasteiger partial charge in [0, 0.05) is 6.04 Å². The van der Waals surface area contributed by atoms with E-state index < -0.39 is 34.0 Å². The monoisotopic (exact) mass is 421 g/mol. The molecule has 3 rings (SSSR count). The minimum absolute atomic E-state index is 0.0278. The molecule has 9 nitrogen and oxygen atoms in total. The van der Waals surface area contributed by atoms with Crippen LogP contribution in [0.4, 0.5) is 0 Å². The Labute approximate surface area is 169 Å². The van der Waals surface area contributed by atoms with E-state index in [1.165, 1.54) is 19.2 Å². The zero-order valence-corrected chi connectivity index (χ0v) is 17.0. The van der Waals surface area contributed by atoms with Crippen molar-refractivity contribution in [2.24, 2.45) is 5.92 Å². The van der Waals surface area contributed by atoms with Crippen LogP contribution in [0.3, 0.4) is 0 Å². The molecule has 0 saturated heterocycles. The fourth-order valence-electron chi connectivity index (χ4n) is 2.92. The lowest BCUT2D eigenvalue weighted by atomic mass is 9.98. The quantitative estimate of drug-likeness (QED) is 0.570. The Morgan fingerprint density at radius 3 is 2.52 bits per heavy atom. The van der Waals surface area contributed by atoms with E-state index in [9.17, 15) is 23.3 Å². The number of hydrogen-bond acceptors (Lipinski definition) is 7. The molecule has 0 radical (unpaired) electrons. The van der Waals surface area contributed by atoms with Gasteiger partial charge in [-0.2, -0.15) is 5.26 Å². The van der Waals surface area contributed by atoms with Gasteiger partial charge in [-0.05, 0) is 56.7 Å². The second-order valence-corrected chi connectivity index (χ2v) is 9.16. The van der Waals surface area contributed by atoms with Crippen molar-refractivity contribution >= 4 is 21.9 Å². The maximum absolute atomic E-state index is 12.5. The SMILES string of the molecule is COc1ccc(C(=O)OCC(=O)N[C@@](C)(C#N)C2CC2)cc1S(=O)(=O)NC1CC1. The third-order valence-corrected chi connectivity index (χ3v) is 6.49. The van der Waals surface area contributed by atoms with E-state index in [-0.39, 0.29) is 28.2 Å². The predicted octanol–water partition coefficient (Wildman–Crippen LogP) is 1.10. The molecule has 2 aliphatic rings. The highest BCUT2D eigenvalue weighted by molar-refractivity contribution is 7.89. The first-order chi connectivity index (χ1) is 13.7. The lowest BCUT2D eigenvalue weighted by Crippen LogP contribution is -2.48. The molecule has 2 saturated carbocycles. The van der Waals surface area contributed by atoms with Crippen molar-refractivity contribution in [3.05, 3.63) is 23.8 Å². The van der Waals surface area contributed by atoms with Crippen LogP contribution in [0.5, 0.6) is 5.75 Å². The largest absolute Gasteiger partial charge is 0.495 e. The Morgan fingerprint density at radius 2 is 1.97 bits per heavy atom. The molecule has 10 heteroatoms. The Balaban J connectivity index is 1.67. The molecule has 0 heterocycles. The second-order valence-electron chi connectivity index (χ2n) is 7.47. The average molecular weight is 421 g/mol. The summed E-state index contributed by atoms with van der Waals surface area (Å²) in [4.78, 5) is 24.2. The highest BCUT2D eigenvalue weighted by atomic mass is 32.2. The first-order valence-electron chi connectivity index (χ1n) is 9.28. The highest BCUT2D eigenvalue weighted by Crippen LogP contribution is 2.39. The number of rotatable bonds is 9. The number of ether oxygens (including phenoxy) is 2. The summed E-state index contributed by atoms with van der Waals surface area (Å²) in [5.41, 5.74) is -1.01. The van der Waals surface area contributed by atoms with Gasteiger partial charge >= 0.3 is 5.97 Å². The minimum atomic E-state index is -3.86. The number of benzene rings is 1. The van der Waals surface area contributed by atoms with Crippen LogP contribution in [0.15, 0.2) is 23.1 Å². The molecule has 1 amide bonds. The van der Waals surface area contributed by atoms with Crippen molar-refractivity contribution in [1.82, 2.24) is 10.0 Å². The van der Waals surface area contributed by atoms with Gasteiger partial charge in [0.15, 0.2) is 6.61 Å². The first kappa shape index (κ1) is 21.1. The molecule has 2 aliphatic carbocycles. The number of nitrogens with zero attached hydrogens (tertiary/aromatic N) is 1. The van der Waals surface area contributed by atoms with Gasteiger partial charge in [-0.3, -0.25) is 4.79 Å². The molecule has 2 fully saturated rings. The smallest absolute Gasteiger partial charge is 0.338 e. The number of sulfonamides is 1. The average Bonchev–Trinajstić information content (AvgIpc) is 3.59. The lowest BCUT2D eigenvalue weighted by molar-refractivity contribution is -0.125. The van der Waals surface area contributed by atoms with Gasteiger partial charge < -0.3 is 14.8 Å². The van der Waals surface area contributed by atoms with Gasteiger partial charge in [0.05, 0.1) is 18.7 Å². The topological polar surface area (TPSA) is 135 Å². The van der Waals surface area contributed by atoms with Gasteiger partial charge in [-0.1, -0.05) is 0 Å². The summed E-state index contributed by atoms with van der Waals surface area (Å²) >= 11 is 0. The summed E-state index contributed by atoms with van der Waals surface area (Å²) in [6.45, 7) is 1.06. The fourth-order valence-corrected chi connectivity index (χ4v) is 4.42. The zero-order chi connectivity index (χ0) is 21.2. The predicted molar refractivity (Wildman–Crippen MR) is 102 cm³/mol. The molecule has 0 aliphatic heterocycles. The number of amides is 1. The number of nitrogens with one attached hydrogen (secondary N) is 2. The first-order valence-corrected chi connectivity index (χ1v) is 10.8. The summed E-state index contributed by atoms with van der Waals surface area (Å²) in [7, 11) is -2.52. The molecule has 0 spiro atoms. The number of methoxy groups -OCH3 is 1. The maximum Gasteiger partial charge on any atom is 0.338 e. The number of carbonyl (C=O) groups is 2. The maximum atomic E-state index is 12.5. The van der Waals surface area contributed by atoms with E-state index in [1.807, 2.05) is 0 Å².